The van der Waals surface area contributed by atoms with Gasteiger partial charge in [0.15, 0.2) is 0 Å². The molecule has 2 aliphatic rings. The number of ether oxygens (including phenoxy) is 1. The van der Waals surface area contributed by atoms with Crippen molar-refractivity contribution in [2.45, 2.75) is 32.2 Å². The monoisotopic (exact) mass is 375 g/mol. The predicted molar refractivity (Wildman–Crippen MR) is 103 cm³/mol. The van der Waals surface area contributed by atoms with Crippen molar-refractivity contribution in [1.82, 2.24) is 19.3 Å². The van der Waals surface area contributed by atoms with Crippen molar-refractivity contribution in [2.75, 3.05) is 54.5 Å². The minimum absolute atomic E-state index is 0.321. The highest BCUT2D eigenvalue weighted by Crippen LogP contribution is 2.26. The maximum absolute atomic E-state index is 5.41. The van der Waals surface area contributed by atoms with Crippen LogP contribution in [0.2, 0.25) is 0 Å². The van der Waals surface area contributed by atoms with E-state index in [0.29, 0.717) is 17.9 Å². The van der Waals surface area contributed by atoms with Crippen molar-refractivity contribution in [1.29, 1.82) is 0 Å². The molecular weight excluding hydrogens is 350 g/mol. The number of anilines is 3. The summed E-state index contributed by atoms with van der Waals surface area (Å²) in [6.07, 6.45) is 2.87. The van der Waals surface area contributed by atoms with Crippen molar-refractivity contribution in [3.8, 4) is 0 Å². The Bertz CT molecular complexity index is 731. The topological polar surface area (TPSA) is 79.3 Å². The largest absolute Gasteiger partial charge is 0.378 e. The quantitative estimate of drug-likeness (QED) is 0.850. The molecule has 2 aromatic rings. The van der Waals surface area contributed by atoms with Gasteiger partial charge >= 0.3 is 0 Å². The number of nitrogens with zero attached hydrogens (tertiary/aromatic N) is 6. The fraction of sp³-hybridized carbons (Fsp3) is 0.647. The van der Waals surface area contributed by atoms with Gasteiger partial charge in [0.25, 0.3) is 0 Å². The zero-order valence-corrected chi connectivity index (χ0v) is 16.1. The Morgan fingerprint density at radius 2 is 2.04 bits per heavy atom. The number of aromatic nitrogens is 4. The second-order valence-electron chi connectivity index (χ2n) is 7.00. The number of morpholine rings is 1. The van der Waals surface area contributed by atoms with Crippen LogP contribution in [0.4, 0.5) is 16.9 Å². The molecule has 2 aliphatic heterocycles. The van der Waals surface area contributed by atoms with E-state index in [9.17, 15) is 0 Å². The zero-order chi connectivity index (χ0) is 17.9. The Kier molecular flexibility index (Phi) is 5.16. The van der Waals surface area contributed by atoms with Gasteiger partial charge in [-0.25, -0.2) is 9.97 Å². The molecule has 0 aromatic carbocycles. The SMILES string of the molecule is CC(C)c1nsc(N2CCC(Nc3nccc(N4CCOCC4)n3)C2)n1. The molecule has 2 fully saturated rings. The third-order valence-corrected chi connectivity index (χ3v) is 5.51. The van der Waals surface area contributed by atoms with Crippen LogP contribution in [0.1, 0.15) is 32.0 Å². The van der Waals surface area contributed by atoms with Gasteiger partial charge in [0.05, 0.1) is 13.2 Å². The molecule has 0 spiro atoms. The number of rotatable bonds is 5. The summed E-state index contributed by atoms with van der Waals surface area (Å²) in [4.78, 5) is 18.3. The number of hydrogen-bond donors (Lipinski definition) is 1. The molecule has 1 N–H and O–H groups in total. The molecule has 0 amide bonds. The minimum atomic E-state index is 0.321. The Morgan fingerprint density at radius 3 is 2.81 bits per heavy atom. The third-order valence-electron chi connectivity index (χ3n) is 4.72. The van der Waals surface area contributed by atoms with Gasteiger partial charge in [-0.1, -0.05) is 13.8 Å². The predicted octanol–water partition coefficient (Wildman–Crippen LogP) is 1.98. The van der Waals surface area contributed by atoms with Crippen LogP contribution in [0.5, 0.6) is 0 Å². The number of hydrogen-bond acceptors (Lipinski definition) is 9. The van der Waals surface area contributed by atoms with E-state index in [4.69, 9.17) is 4.74 Å². The zero-order valence-electron chi connectivity index (χ0n) is 15.3. The van der Waals surface area contributed by atoms with E-state index >= 15 is 0 Å². The summed E-state index contributed by atoms with van der Waals surface area (Å²) in [5.74, 6) is 2.96. The second kappa shape index (κ2) is 7.71. The summed E-state index contributed by atoms with van der Waals surface area (Å²) in [5, 5.41) is 4.50. The lowest BCUT2D eigenvalue weighted by molar-refractivity contribution is 0.122. The molecular formula is C17H25N7OS. The van der Waals surface area contributed by atoms with Crippen molar-refractivity contribution in [3.05, 3.63) is 18.1 Å². The van der Waals surface area contributed by atoms with Crippen LogP contribution in [0.15, 0.2) is 12.3 Å². The lowest BCUT2D eigenvalue weighted by Gasteiger charge is -2.28. The minimum Gasteiger partial charge on any atom is -0.378 e. The Balaban J connectivity index is 1.37. The summed E-state index contributed by atoms with van der Waals surface area (Å²) in [6, 6.07) is 2.29. The van der Waals surface area contributed by atoms with Crippen LogP contribution < -0.4 is 15.1 Å². The van der Waals surface area contributed by atoms with Crippen LogP contribution in [0, 0.1) is 0 Å². The molecule has 1 atom stereocenters. The van der Waals surface area contributed by atoms with E-state index in [-0.39, 0.29) is 0 Å². The van der Waals surface area contributed by atoms with Gasteiger partial charge in [-0.05, 0) is 12.5 Å². The lowest BCUT2D eigenvalue weighted by Crippen LogP contribution is -2.37. The fourth-order valence-electron chi connectivity index (χ4n) is 3.21. The molecule has 4 heterocycles. The first-order valence-corrected chi connectivity index (χ1v) is 9.97. The van der Waals surface area contributed by atoms with Crippen molar-refractivity contribution in [3.63, 3.8) is 0 Å². The van der Waals surface area contributed by atoms with Gasteiger partial charge in [0.1, 0.15) is 11.6 Å². The van der Waals surface area contributed by atoms with Gasteiger partial charge in [-0.3, -0.25) is 0 Å². The summed E-state index contributed by atoms with van der Waals surface area (Å²) in [7, 11) is 0. The molecule has 0 saturated carbocycles. The highest BCUT2D eigenvalue weighted by atomic mass is 32.1. The first-order valence-electron chi connectivity index (χ1n) is 9.20. The molecule has 140 valence electrons. The summed E-state index contributed by atoms with van der Waals surface area (Å²) >= 11 is 1.49. The molecule has 2 saturated heterocycles. The highest BCUT2D eigenvalue weighted by Gasteiger charge is 2.26. The van der Waals surface area contributed by atoms with Gasteiger partial charge < -0.3 is 19.9 Å². The van der Waals surface area contributed by atoms with E-state index in [1.807, 2.05) is 12.3 Å². The van der Waals surface area contributed by atoms with Crippen LogP contribution in [-0.4, -0.2) is 64.8 Å². The number of nitrogens with one attached hydrogen (secondary N) is 1. The van der Waals surface area contributed by atoms with Crippen LogP contribution >= 0.6 is 11.5 Å². The van der Waals surface area contributed by atoms with Crippen molar-refractivity contribution < 1.29 is 4.74 Å². The molecule has 1 unspecified atom stereocenters. The molecule has 26 heavy (non-hydrogen) atoms. The van der Waals surface area contributed by atoms with Crippen LogP contribution in [-0.2, 0) is 4.74 Å². The maximum Gasteiger partial charge on any atom is 0.224 e. The normalized spacial score (nSPS) is 20.8. The van der Waals surface area contributed by atoms with Crippen molar-refractivity contribution in [2.24, 2.45) is 0 Å². The van der Waals surface area contributed by atoms with E-state index < -0.39 is 0 Å². The Hall–Kier alpha value is -2.00. The molecule has 8 nitrogen and oxygen atoms in total. The average Bonchev–Trinajstić information content (AvgIpc) is 3.32. The van der Waals surface area contributed by atoms with E-state index in [2.05, 4.69) is 48.3 Å². The van der Waals surface area contributed by atoms with Gasteiger partial charge in [0.2, 0.25) is 11.1 Å². The molecule has 0 radical (unpaired) electrons. The highest BCUT2D eigenvalue weighted by molar-refractivity contribution is 7.09. The van der Waals surface area contributed by atoms with Gasteiger partial charge in [-0.2, -0.15) is 9.36 Å². The first kappa shape index (κ1) is 17.4. The molecule has 9 heteroatoms. The van der Waals surface area contributed by atoms with Crippen LogP contribution in [0.25, 0.3) is 0 Å². The van der Waals surface area contributed by atoms with E-state index in [1.54, 1.807) is 0 Å². The van der Waals surface area contributed by atoms with Gasteiger partial charge in [0, 0.05) is 55.9 Å². The maximum atomic E-state index is 5.41. The molecule has 0 aliphatic carbocycles. The standard InChI is InChI=1S/C17H25N7OS/c1-12(2)15-21-17(26-22-15)24-6-4-13(11-24)19-16-18-5-3-14(20-16)23-7-9-25-10-8-23/h3,5,12-13H,4,6-11H2,1-2H3,(H,18,19,20). The van der Waals surface area contributed by atoms with E-state index in [1.165, 1.54) is 11.5 Å². The molecule has 4 rings (SSSR count). The Morgan fingerprint density at radius 1 is 1.19 bits per heavy atom. The molecule has 0 bridgehead atoms. The molecule has 2 aromatic heterocycles. The van der Waals surface area contributed by atoms with Crippen LogP contribution in [0.3, 0.4) is 0 Å². The lowest BCUT2D eigenvalue weighted by atomic mass is 10.2. The Labute approximate surface area is 157 Å². The average molecular weight is 376 g/mol. The summed E-state index contributed by atoms with van der Waals surface area (Å²) in [6.45, 7) is 9.39. The van der Waals surface area contributed by atoms with Gasteiger partial charge in [-0.15, -0.1) is 0 Å². The first-order chi connectivity index (χ1) is 12.7. The van der Waals surface area contributed by atoms with E-state index in [0.717, 1.165) is 62.6 Å². The second-order valence-corrected chi connectivity index (χ2v) is 7.73. The fourth-order valence-corrected chi connectivity index (χ4v) is 4.05. The van der Waals surface area contributed by atoms with Crippen molar-refractivity contribution >= 4 is 28.4 Å². The summed E-state index contributed by atoms with van der Waals surface area (Å²) in [5.41, 5.74) is 0. The smallest absolute Gasteiger partial charge is 0.224 e. The summed E-state index contributed by atoms with van der Waals surface area (Å²) < 4.78 is 9.87. The third kappa shape index (κ3) is 3.88.